The Labute approximate surface area is 722 Å². The highest BCUT2D eigenvalue weighted by atomic mass is 32.2. The molecule has 24 N–H and O–H groups in total. The Bertz CT molecular complexity index is 4510. The van der Waals surface area contributed by atoms with Crippen LogP contribution in [0.1, 0.15) is 127 Å². The van der Waals surface area contributed by atoms with Gasteiger partial charge in [0, 0.05) is 63.6 Å². The average Bonchev–Trinajstić information content (AvgIpc) is 1.63. The van der Waals surface area contributed by atoms with Crippen LogP contribution < -0.4 is 75.7 Å². The Morgan fingerprint density at radius 3 is 1.34 bits per heavy atom. The van der Waals surface area contributed by atoms with E-state index in [0.29, 0.717) is 22.4 Å². The number of imidazole rings is 1. The largest absolute Gasteiger partial charge is 0.508 e. The van der Waals surface area contributed by atoms with Gasteiger partial charge in [-0.2, -0.15) is 11.8 Å². The minimum atomic E-state index is -1.89. The van der Waals surface area contributed by atoms with Crippen molar-refractivity contribution in [1.29, 1.82) is 0 Å². The first-order chi connectivity index (χ1) is 59.2. The number of phenolic OH excluding ortho intramolecular Hbond substituents is 3. The molecule has 0 spiro atoms. The highest BCUT2D eigenvalue weighted by molar-refractivity contribution is 7.98. The van der Waals surface area contributed by atoms with Gasteiger partial charge in [-0.3, -0.25) is 86.3 Å². The normalized spacial score (nSPS) is 17.7. The lowest BCUT2D eigenvalue weighted by Gasteiger charge is -2.35. The molecule has 0 radical (unpaired) electrons. The zero-order valence-electron chi connectivity index (χ0n) is 69.6. The fourth-order valence-corrected chi connectivity index (χ4v) is 14.9. The minimum Gasteiger partial charge on any atom is -0.508 e. The molecule has 1 aromatic heterocycles. The van der Waals surface area contributed by atoms with Gasteiger partial charge >= 0.3 is 11.9 Å². The van der Waals surface area contributed by atoms with E-state index in [1.165, 1.54) is 121 Å². The van der Waals surface area contributed by atoms with Crippen LogP contribution in [-0.4, -0.2) is 291 Å². The molecule has 3 aliphatic rings. The van der Waals surface area contributed by atoms with Gasteiger partial charge in [0.05, 0.1) is 25.3 Å². The van der Waals surface area contributed by atoms with Crippen LogP contribution in [-0.2, 0) is 112 Å². The zero-order chi connectivity index (χ0) is 92.1. The van der Waals surface area contributed by atoms with Gasteiger partial charge in [0.15, 0.2) is 0 Å². The molecule has 680 valence electrons. The number of aliphatic hydroxyl groups excluding tert-OH is 1. The number of amides is 16. The lowest BCUT2D eigenvalue weighted by molar-refractivity contribution is -0.151. The summed E-state index contributed by atoms with van der Waals surface area (Å²) in [5.41, 5.74) is 18.7. The summed E-state index contributed by atoms with van der Waals surface area (Å²) in [5.74, 6) is -18.9. The number of aliphatic carboxylic acids is 2. The van der Waals surface area contributed by atoms with E-state index in [1.807, 2.05) is 0 Å². The average molecular weight is 1770 g/mol. The van der Waals surface area contributed by atoms with Gasteiger partial charge in [0.2, 0.25) is 94.5 Å². The van der Waals surface area contributed by atoms with Crippen LogP contribution in [0.2, 0.25) is 0 Å². The maximum atomic E-state index is 15.0. The summed E-state index contributed by atoms with van der Waals surface area (Å²) < 4.78 is 0. The smallest absolute Gasteiger partial charge is 0.322 e. The number of nitrogens with one attached hydrogen (secondary N) is 12. The topological polar surface area (TPSA) is 677 Å². The molecular formula is C81H111N19O24S. The summed E-state index contributed by atoms with van der Waals surface area (Å²) in [6.07, 6.45) is -0.277. The number of primary amides is 2. The van der Waals surface area contributed by atoms with Gasteiger partial charge in [-0.05, 0) is 143 Å². The monoisotopic (exact) mass is 1770 g/mol. The molecule has 0 aliphatic carbocycles. The van der Waals surface area contributed by atoms with Crippen LogP contribution in [0.5, 0.6) is 17.2 Å². The van der Waals surface area contributed by atoms with Crippen molar-refractivity contribution in [2.45, 2.75) is 221 Å². The Hall–Kier alpha value is -13.0. The highest BCUT2D eigenvalue weighted by Gasteiger charge is 2.48. The molecule has 43 nitrogen and oxygen atoms in total. The van der Waals surface area contributed by atoms with Crippen molar-refractivity contribution in [3.63, 3.8) is 0 Å². The molecule has 3 aromatic carbocycles. The summed E-state index contributed by atoms with van der Waals surface area (Å²) in [6.45, 7) is 4.90. The molecular weight excluding hydrogens is 1660 g/mol. The summed E-state index contributed by atoms with van der Waals surface area (Å²) in [4.78, 5) is 260. The molecule has 4 aromatic rings. The Balaban J connectivity index is 1.05. The summed E-state index contributed by atoms with van der Waals surface area (Å²) in [5, 5.41) is 86.5. The molecule has 15 atom stereocenters. The van der Waals surface area contributed by atoms with Gasteiger partial charge in [-0.15, -0.1) is 0 Å². The van der Waals surface area contributed by atoms with Crippen LogP contribution >= 0.6 is 11.8 Å². The number of hydrogen-bond donors (Lipinski definition) is 21. The Morgan fingerprint density at radius 2 is 0.872 bits per heavy atom. The number of aliphatic hydroxyl groups is 1. The number of aromatic hydroxyl groups is 3. The number of carboxylic acid groups (broad SMARTS) is 2. The van der Waals surface area contributed by atoms with Crippen LogP contribution in [0.25, 0.3) is 0 Å². The number of carbonyl (C=O) groups excluding carboxylic acids is 16. The van der Waals surface area contributed by atoms with E-state index >= 15 is 4.79 Å². The van der Waals surface area contributed by atoms with Crippen molar-refractivity contribution >= 4 is 118 Å². The molecule has 7 rings (SSSR count). The Morgan fingerprint density at radius 1 is 0.464 bits per heavy atom. The van der Waals surface area contributed by atoms with Gasteiger partial charge < -0.3 is 126 Å². The summed E-state index contributed by atoms with van der Waals surface area (Å²) in [6, 6.07) is -4.69. The molecule has 0 bridgehead atoms. The molecule has 0 saturated carbocycles. The first-order valence-corrected chi connectivity index (χ1v) is 42.1. The lowest BCUT2D eigenvalue weighted by Crippen LogP contribution is -2.61. The first kappa shape index (κ1) is 99.1. The van der Waals surface area contributed by atoms with Gasteiger partial charge in [-0.25, -0.2) is 4.98 Å². The SMILES string of the molecule is CSCC[C@H](NC(=O)[C@H](Cc1ccc(O)cc1)NC(=O)[C@@H](N)[C@@H](C)O)C(=O)N[C@@H](CCC(N)=O)C(=O)N[C@@H](Cc1ccc(O)cc1)C(=O)N[C@@H](CC(C)C)C(=O)N[C@@H](CC(N)=O)C(=O)N1CCC[C@H]1C(=O)N1CCC[C@H]1C(=O)N1CCC[C@H]1C(=O)N[C@@H](Cc1ccc(O)cc1)C(=O)N[C@@H](C)C(=O)N[C@@H](CC(=O)O)C(=O)N[C@@H](Cc1cnc[nH]1)C(=O)NCC(=O)O. The third-order valence-corrected chi connectivity index (χ3v) is 21.7. The van der Waals surface area contributed by atoms with Gasteiger partial charge in [0.1, 0.15) is 108 Å². The van der Waals surface area contributed by atoms with Crippen molar-refractivity contribution in [2.75, 3.05) is 38.2 Å². The number of carboxylic acids is 2. The second-order valence-corrected chi connectivity index (χ2v) is 32.3. The van der Waals surface area contributed by atoms with Gasteiger partial charge in [0.25, 0.3) is 0 Å². The first-order valence-electron chi connectivity index (χ1n) is 40.7. The van der Waals surface area contributed by atoms with E-state index in [1.54, 1.807) is 20.1 Å². The number of likely N-dealkylation sites (tertiary alicyclic amines) is 3. The molecule has 3 fully saturated rings. The number of nitrogens with zero attached hydrogens (tertiary/aromatic N) is 4. The van der Waals surface area contributed by atoms with Gasteiger partial charge in [-0.1, -0.05) is 50.2 Å². The third kappa shape index (κ3) is 30.5. The molecule has 16 amide bonds. The maximum Gasteiger partial charge on any atom is 0.322 e. The minimum absolute atomic E-state index is 0.00216. The Kier molecular flexibility index (Phi) is 37.7. The molecule has 0 unspecified atom stereocenters. The number of nitrogens with two attached hydrogens (primary N) is 3. The zero-order valence-corrected chi connectivity index (χ0v) is 70.4. The summed E-state index contributed by atoms with van der Waals surface area (Å²) in [7, 11) is 0. The van der Waals surface area contributed by atoms with Crippen LogP contribution in [0.4, 0.5) is 0 Å². The third-order valence-electron chi connectivity index (χ3n) is 21.0. The molecule has 3 aliphatic heterocycles. The van der Waals surface area contributed by atoms with E-state index in [2.05, 4.69) is 68.5 Å². The summed E-state index contributed by atoms with van der Waals surface area (Å²) >= 11 is 1.29. The van der Waals surface area contributed by atoms with E-state index in [-0.39, 0.29) is 120 Å². The molecule has 44 heteroatoms. The maximum absolute atomic E-state index is 15.0. The molecule has 125 heavy (non-hydrogen) atoms. The van der Waals surface area contributed by atoms with Crippen LogP contribution in [0, 0.1) is 5.92 Å². The van der Waals surface area contributed by atoms with Crippen LogP contribution in [0.15, 0.2) is 85.3 Å². The predicted molar refractivity (Wildman–Crippen MR) is 444 cm³/mol. The number of H-pyrrole nitrogens is 1. The number of rotatable bonds is 47. The van der Waals surface area contributed by atoms with E-state index < -0.39 is 235 Å². The van der Waals surface area contributed by atoms with Crippen molar-refractivity contribution in [3.8, 4) is 17.2 Å². The quantitative estimate of drug-likeness (QED) is 0.0197. The van der Waals surface area contributed by atoms with E-state index in [4.69, 9.17) is 22.3 Å². The fraction of sp³-hybridized carbons (Fsp3) is 0.519. The standard InChI is InChI=1S/C81H111N19O24S/c1-41(2)31-53(92-75(118)55(33-45-14-20-49(103)21-15-45)93-70(113)51(24-25-63(82)105)89-71(114)52(26-30-125-5)90-74(117)56(96-78(121)67(84)43(4)101)34-46-16-22-50(104)23-17-46)73(116)97-59(36-64(83)106)79(122)99-28-7-10-61(99)81(124)100-29-8-11-62(100)80(123)98-27-6-9-60(98)77(120)95-54(32-44-12-18-48(102)19-13-44)72(115)88-42(3)68(111)91-58(37-65(107)108)76(119)94-57(35-47-38-85-40-87-47)69(112)86-39-66(109)110/h12-23,38,40-43,51-62,67,101-104H,6-11,24-37,39,84H2,1-5H3,(H2,82,105)(H2,83,106)(H,85,87)(H,86,112)(H,88,115)(H,89,114)(H,90,117)(H,91,111)(H,92,118)(H,93,113)(H,94,119)(H,95,120)(H,96,121)(H,97,116)(H,107,108)(H,109,110)/t42-,43+,51-,52-,53-,54-,55-,56-,57-,58-,59-,60-,61-,62-,67-/m0/s1. The van der Waals surface area contributed by atoms with E-state index in [9.17, 15) is 107 Å². The lowest BCUT2D eigenvalue weighted by atomic mass is 10.00. The van der Waals surface area contributed by atoms with E-state index in [0.717, 1.165) is 4.90 Å². The van der Waals surface area contributed by atoms with Crippen molar-refractivity contribution in [1.82, 2.24) is 83.2 Å². The van der Waals surface area contributed by atoms with Crippen molar-refractivity contribution < 1.29 is 117 Å². The number of hydrogen-bond acceptors (Lipinski definition) is 25. The number of aromatic amines is 1. The predicted octanol–water partition coefficient (Wildman–Crippen LogP) is -5.04. The number of phenols is 3. The second-order valence-electron chi connectivity index (χ2n) is 31.3. The molecule has 4 heterocycles. The molecule has 3 saturated heterocycles. The van der Waals surface area contributed by atoms with Crippen molar-refractivity contribution in [3.05, 3.63) is 108 Å². The number of thioether (sulfide) groups is 1. The fourth-order valence-electron chi connectivity index (χ4n) is 14.4. The number of aromatic nitrogens is 2. The number of benzene rings is 3. The highest BCUT2D eigenvalue weighted by Crippen LogP contribution is 2.30. The second kappa shape index (κ2) is 47.6. The van der Waals surface area contributed by atoms with Crippen molar-refractivity contribution in [2.24, 2.45) is 23.1 Å². The number of carbonyl (C=O) groups is 18. The van der Waals surface area contributed by atoms with Crippen LogP contribution in [0.3, 0.4) is 0 Å².